The Balaban J connectivity index is 1.70. The summed E-state index contributed by atoms with van der Waals surface area (Å²) < 4.78 is 1.92. The van der Waals surface area contributed by atoms with E-state index in [1.165, 1.54) is 4.90 Å². The molecule has 2 N–H and O–H groups in total. The molecule has 7 heteroatoms. The number of likely N-dealkylation sites (tertiary alicyclic amines) is 1. The van der Waals surface area contributed by atoms with Gasteiger partial charge < -0.3 is 14.6 Å². The third kappa shape index (κ3) is 3.67. The minimum atomic E-state index is -0.664. The normalized spacial score (nSPS) is 18.3. The number of carbonyl (C=O) groups excluding carboxylic acids is 2. The molecule has 146 valence electrons. The van der Waals surface area contributed by atoms with Crippen LogP contribution in [0.5, 0.6) is 0 Å². The number of amides is 1. The Morgan fingerprint density at radius 1 is 1.10 bits per heavy atom. The van der Waals surface area contributed by atoms with Crippen molar-refractivity contribution in [3.05, 3.63) is 90.3 Å². The van der Waals surface area contributed by atoms with Gasteiger partial charge in [0.2, 0.25) is 0 Å². The molecule has 3 heterocycles. The number of ketones is 1. The maximum absolute atomic E-state index is 12.9. The number of rotatable bonds is 6. The first-order valence-electron chi connectivity index (χ1n) is 9.42. The molecule has 1 atom stereocenters. The molecule has 1 aliphatic heterocycles. The zero-order valence-corrected chi connectivity index (χ0v) is 15.7. The van der Waals surface area contributed by atoms with E-state index >= 15 is 0 Å². The largest absolute Gasteiger partial charge is 0.507 e. The van der Waals surface area contributed by atoms with Gasteiger partial charge in [-0.25, -0.2) is 9.97 Å². The monoisotopic (exact) mass is 389 g/mol. The van der Waals surface area contributed by atoms with Crippen molar-refractivity contribution in [2.45, 2.75) is 19.0 Å². The van der Waals surface area contributed by atoms with Gasteiger partial charge in [0.25, 0.3) is 11.7 Å². The van der Waals surface area contributed by atoms with Gasteiger partial charge in [-0.3, -0.25) is 9.59 Å². The average molecular weight is 389 g/mol. The van der Waals surface area contributed by atoms with Crippen molar-refractivity contribution >= 4 is 17.4 Å². The molecule has 0 aliphatic carbocycles. The molecule has 7 nitrogen and oxygen atoms in total. The van der Waals surface area contributed by atoms with Gasteiger partial charge in [-0.05, 0) is 12.5 Å². The summed E-state index contributed by atoms with van der Waals surface area (Å²) in [5, 5.41) is 10.9. The number of pyridine rings is 1. The van der Waals surface area contributed by atoms with Crippen molar-refractivity contribution < 1.29 is 19.7 Å². The SMILES string of the molecule is O=C1C(=O)N(CCCn2ccnc2)C(c2ccc[nH+]c2)C1=C(O)c1ccccc1. The molecule has 2 aromatic heterocycles. The van der Waals surface area contributed by atoms with Gasteiger partial charge in [-0.2, -0.15) is 0 Å². The molecule has 4 rings (SSSR count). The molecule has 29 heavy (non-hydrogen) atoms. The Kier molecular flexibility index (Phi) is 5.20. The molecule has 1 aromatic carbocycles. The summed E-state index contributed by atoms with van der Waals surface area (Å²) in [6, 6.07) is 11.8. The van der Waals surface area contributed by atoms with E-state index in [1.807, 2.05) is 29.0 Å². The second kappa shape index (κ2) is 8.10. The van der Waals surface area contributed by atoms with Crippen LogP contribution >= 0.6 is 0 Å². The first-order valence-corrected chi connectivity index (χ1v) is 9.42. The third-order valence-electron chi connectivity index (χ3n) is 5.01. The number of nitrogens with one attached hydrogen (secondary N) is 1. The van der Waals surface area contributed by atoms with Crippen LogP contribution in [-0.4, -0.2) is 37.8 Å². The molecule has 0 radical (unpaired) electrons. The van der Waals surface area contributed by atoms with E-state index in [0.29, 0.717) is 25.1 Å². The molecule has 0 bridgehead atoms. The predicted molar refractivity (Wildman–Crippen MR) is 105 cm³/mol. The van der Waals surface area contributed by atoms with Crippen LogP contribution in [0.15, 0.2) is 79.2 Å². The summed E-state index contributed by atoms with van der Waals surface area (Å²) >= 11 is 0. The summed E-state index contributed by atoms with van der Waals surface area (Å²) in [4.78, 5) is 34.3. The molecule has 0 saturated carbocycles. The highest BCUT2D eigenvalue weighted by Crippen LogP contribution is 2.38. The molecule has 0 spiro atoms. The number of aryl methyl sites for hydroxylation is 1. The van der Waals surface area contributed by atoms with Crippen molar-refractivity contribution in [1.82, 2.24) is 14.5 Å². The van der Waals surface area contributed by atoms with E-state index in [-0.39, 0.29) is 11.3 Å². The molecular weight excluding hydrogens is 368 g/mol. The van der Waals surface area contributed by atoms with Crippen LogP contribution in [0.4, 0.5) is 0 Å². The van der Waals surface area contributed by atoms with Gasteiger partial charge in [0, 0.05) is 42.7 Å². The number of carbonyl (C=O) groups is 2. The Morgan fingerprint density at radius 3 is 2.62 bits per heavy atom. The maximum Gasteiger partial charge on any atom is 0.295 e. The van der Waals surface area contributed by atoms with Crippen LogP contribution in [0, 0.1) is 0 Å². The van der Waals surface area contributed by atoms with Gasteiger partial charge >= 0.3 is 0 Å². The van der Waals surface area contributed by atoms with Gasteiger partial charge in [-0.1, -0.05) is 30.3 Å². The number of benzene rings is 1. The fourth-order valence-corrected chi connectivity index (χ4v) is 3.63. The topological polar surface area (TPSA) is 89.6 Å². The van der Waals surface area contributed by atoms with Crippen molar-refractivity contribution in [1.29, 1.82) is 0 Å². The zero-order valence-electron chi connectivity index (χ0n) is 15.7. The average Bonchev–Trinajstić information content (AvgIpc) is 3.37. The van der Waals surface area contributed by atoms with E-state index in [2.05, 4.69) is 9.97 Å². The van der Waals surface area contributed by atoms with Gasteiger partial charge in [0.15, 0.2) is 12.4 Å². The fraction of sp³-hybridized carbons (Fsp3) is 0.182. The molecule has 1 saturated heterocycles. The minimum absolute atomic E-state index is 0.114. The Hall–Kier alpha value is -3.74. The number of Topliss-reactive ketones (excluding diaryl/α,β-unsaturated/α-hetero) is 1. The standard InChI is InChI=1S/C22H20N4O3/c27-20(16-6-2-1-3-7-16)18-19(17-8-4-9-23-14-17)26(22(29)21(18)28)12-5-11-25-13-10-24-15-25/h1-4,6-10,13-15,19,27H,5,11-12H2/p+1. The molecule has 1 unspecified atom stereocenters. The summed E-state index contributed by atoms with van der Waals surface area (Å²) in [6.45, 7) is 1.06. The van der Waals surface area contributed by atoms with E-state index in [0.717, 1.165) is 5.56 Å². The van der Waals surface area contributed by atoms with Crippen LogP contribution in [0.1, 0.15) is 23.6 Å². The first-order chi connectivity index (χ1) is 14.2. The Bertz CT molecular complexity index is 1030. The van der Waals surface area contributed by atoms with Crippen LogP contribution in [0.2, 0.25) is 0 Å². The predicted octanol–water partition coefficient (Wildman–Crippen LogP) is 2.21. The minimum Gasteiger partial charge on any atom is -0.507 e. The van der Waals surface area contributed by atoms with Gasteiger partial charge in [-0.15, -0.1) is 0 Å². The van der Waals surface area contributed by atoms with Crippen molar-refractivity contribution in [2.24, 2.45) is 0 Å². The lowest BCUT2D eigenvalue weighted by atomic mass is 9.96. The highest BCUT2D eigenvalue weighted by Gasteiger charge is 2.46. The lowest BCUT2D eigenvalue weighted by Crippen LogP contribution is -2.31. The number of aliphatic hydroxyl groups excluding tert-OH is 1. The highest BCUT2D eigenvalue weighted by atomic mass is 16.3. The summed E-state index contributed by atoms with van der Waals surface area (Å²) in [5.41, 5.74) is 1.36. The summed E-state index contributed by atoms with van der Waals surface area (Å²) in [6.07, 6.45) is 9.43. The highest BCUT2D eigenvalue weighted by molar-refractivity contribution is 6.46. The second-order valence-corrected chi connectivity index (χ2v) is 6.85. The van der Waals surface area contributed by atoms with Crippen LogP contribution < -0.4 is 4.98 Å². The summed E-state index contributed by atoms with van der Waals surface area (Å²) in [7, 11) is 0. The van der Waals surface area contributed by atoms with Crippen LogP contribution in [-0.2, 0) is 16.1 Å². The van der Waals surface area contributed by atoms with Crippen molar-refractivity contribution in [2.75, 3.05) is 6.54 Å². The van der Waals surface area contributed by atoms with Crippen LogP contribution in [0.25, 0.3) is 5.76 Å². The van der Waals surface area contributed by atoms with E-state index in [9.17, 15) is 14.7 Å². The number of aromatic amines is 1. The number of hydrogen-bond donors (Lipinski definition) is 1. The second-order valence-electron chi connectivity index (χ2n) is 6.85. The van der Waals surface area contributed by atoms with Crippen molar-refractivity contribution in [3.8, 4) is 0 Å². The molecule has 3 aromatic rings. The van der Waals surface area contributed by atoms with Gasteiger partial charge in [0.1, 0.15) is 5.76 Å². The first kappa shape index (κ1) is 18.6. The number of aliphatic hydroxyl groups is 1. The number of H-pyrrole nitrogens is 1. The number of nitrogens with zero attached hydrogens (tertiary/aromatic N) is 3. The lowest BCUT2D eigenvalue weighted by molar-refractivity contribution is -0.379. The molecular formula is C22H21N4O3+. The maximum atomic E-state index is 12.9. The fourth-order valence-electron chi connectivity index (χ4n) is 3.63. The number of imidazole rings is 1. The number of hydrogen-bond acceptors (Lipinski definition) is 4. The zero-order chi connectivity index (χ0) is 20.2. The summed E-state index contributed by atoms with van der Waals surface area (Å²) in [5.74, 6) is -1.42. The van der Waals surface area contributed by atoms with E-state index < -0.39 is 17.7 Å². The lowest BCUT2D eigenvalue weighted by Gasteiger charge is -2.24. The van der Waals surface area contributed by atoms with E-state index in [4.69, 9.17) is 0 Å². The van der Waals surface area contributed by atoms with Gasteiger partial charge in [0.05, 0.1) is 17.9 Å². The quantitative estimate of drug-likeness (QED) is 0.398. The number of aromatic nitrogens is 3. The molecule has 1 fully saturated rings. The van der Waals surface area contributed by atoms with Crippen molar-refractivity contribution in [3.63, 3.8) is 0 Å². The third-order valence-corrected chi connectivity index (χ3v) is 5.01. The van der Waals surface area contributed by atoms with E-state index in [1.54, 1.807) is 49.2 Å². The van der Waals surface area contributed by atoms with Crippen LogP contribution in [0.3, 0.4) is 0 Å². The molecule has 1 amide bonds. The Labute approximate surface area is 168 Å². The Morgan fingerprint density at radius 2 is 1.93 bits per heavy atom. The molecule has 1 aliphatic rings. The smallest absolute Gasteiger partial charge is 0.295 e.